The van der Waals surface area contributed by atoms with Gasteiger partial charge in [0, 0.05) is 22.8 Å². The average Bonchev–Trinajstić information content (AvgIpc) is 3.61. The van der Waals surface area contributed by atoms with E-state index in [0.29, 0.717) is 10.6 Å². The quantitative estimate of drug-likeness (QED) is 0.310. The van der Waals surface area contributed by atoms with Gasteiger partial charge in [-0.15, -0.1) is 22.7 Å². The number of benzene rings is 1. The highest BCUT2D eigenvalue weighted by Gasteiger charge is 2.34. The molecule has 2 N–H and O–H groups in total. The van der Waals surface area contributed by atoms with Gasteiger partial charge in [0.2, 0.25) is 11.8 Å². The first-order chi connectivity index (χ1) is 17.1. The van der Waals surface area contributed by atoms with Gasteiger partial charge in [-0.05, 0) is 47.9 Å². The number of nitrogens with zero attached hydrogens (tertiary/aromatic N) is 2. The van der Waals surface area contributed by atoms with Crippen molar-refractivity contribution in [1.82, 2.24) is 10.7 Å². The largest absolute Gasteiger partial charge is 0.351 e. The van der Waals surface area contributed by atoms with Gasteiger partial charge in [0.15, 0.2) is 0 Å². The van der Waals surface area contributed by atoms with E-state index in [1.54, 1.807) is 12.1 Å². The van der Waals surface area contributed by atoms with E-state index in [2.05, 4.69) is 15.8 Å². The maximum atomic E-state index is 13.6. The number of carbonyl (C=O) groups excluding carboxylic acids is 3. The van der Waals surface area contributed by atoms with E-state index in [9.17, 15) is 14.4 Å². The van der Waals surface area contributed by atoms with Crippen molar-refractivity contribution in [3.63, 3.8) is 0 Å². The molecule has 2 aromatic heterocycles. The van der Waals surface area contributed by atoms with E-state index in [-0.39, 0.29) is 30.2 Å². The van der Waals surface area contributed by atoms with Crippen LogP contribution >= 0.6 is 22.7 Å². The minimum Gasteiger partial charge on any atom is -0.351 e. The topological polar surface area (TPSA) is 90.9 Å². The number of para-hydroxylation sites is 1. The monoisotopic (exact) mass is 508 g/mol. The lowest BCUT2D eigenvalue weighted by Crippen LogP contribution is -2.47. The Morgan fingerprint density at radius 1 is 0.971 bits per heavy atom. The molecular formula is C26H28N4O3S2. The van der Waals surface area contributed by atoms with Crippen LogP contribution in [0.25, 0.3) is 0 Å². The van der Waals surface area contributed by atoms with E-state index in [0.717, 1.165) is 30.6 Å². The van der Waals surface area contributed by atoms with Crippen molar-refractivity contribution in [3.05, 3.63) is 75.1 Å². The minimum atomic E-state index is -0.791. The molecule has 4 rings (SSSR count). The van der Waals surface area contributed by atoms with Crippen LogP contribution < -0.4 is 15.6 Å². The van der Waals surface area contributed by atoms with Gasteiger partial charge in [0.25, 0.3) is 5.91 Å². The predicted molar refractivity (Wildman–Crippen MR) is 141 cm³/mol. The molecule has 1 unspecified atom stereocenters. The Kier molecular flexibility index (Phi) is 8.80. The standard InChI is InChI=1S/C26H28N4O3S2/c31-23(15-16-27-29-25(32)22-14-8-18-35-22)30(20-11-5-2-6-12-20)24(21-13-7-17-34-21)26(33)28-19-9-3-1-4-10-19/h2,5-8,11-14,16-19,24H,1,3-4,9-10,15H2,(H,28,33)(H,29,32)/b27-16+. The highest BCUT2D eigenvalue weighted by molar-refractivity contribution is 7.12. The van der Waals surface area contributed by atoms with E-state index in [1.807, 2.05) is 53.2 Å². The Balaban J connectivity index is 1.54. The molecule has 2 heterocycles. The number of thiophene rings is 2. The van der Waals surface area contributed by atoms with Crippen LogP contribution in [0.3, 0.4) is 0 Å². The van der Waals surface area contributed by atoms with Crippen LogP contribution in [0.2, 0.25) is 0 Å². The van der Waals surface area contributed by atoms with Crippen LogP contribution in [0.4, 0.5) is 5.69 Å². The van der Waals surface area contributed by atoms with E-state index in [1.165, 1.54) is 40.2 Å². The van der Waals surface area contributed by atoms with E-state index >= 15 is 0 Å². The van der Waals surface area contributed by atoms with Crippen LogP contribution in [0, 0.1) is 0 Å². The number of rotatable bonds is 9. The summed E-state index contributed by atoms with van der Waals surface area (Å²) in [5.74, 6) is -0.797. The molecule has 0 saturated heterocycles. The highest BCUT2D eigenvalue weighted by Crippen LogP contribution is 2.31. The Labute approximate surface area is 212 Å². The minimum absolute atomic E-state index is 0.0712. The Hall–Kier alpha value is -3.30. The van der Waals surface area contributed by atoms with Crippen molar-refractivity contribution in [1.29, 1.82) is 0 Å². The number of hydrazone groups is 1. The van der Waals surface area contributed by atoms with Gasteiger partial charge >= 0.3 is 0 Å². The molecular weight excluding hydrogens is 480 g/mol. The summed E-state index contributed by atoms with van der Waals surface area (Å²) in [5, 5.41) is 10.9. The zero-order chi connectivity index (χ0) is 24.5. The first-order valence-electron chi connectivity index (χ1n) is 11.7. The Morgan fingerprint density at radius 2 is 1.71 bits per heavy atom. The van der Waals surface area contributed by atoms with Crippen LogP contribution in [0.5, 0.6) is 0 Å². The summed E-state index contributed by atoms with van der Waals surface area (Å²) in [6.45, 7) is 0. The molecule has 1 aliphatic rings. The summed E-state index contributed by atoms with van der Waals surface area (Å²) in [4.78, 5) is 42.0. The van der Waals surface area contributed by atoms with Gasteiger partial charge < -0.3 is 5.32 Å². The highest BCUT2D eigenvalue weighted by atomic mass is 32.1. The second-order valence-corrected chi connectivity index (χ2v) is 10.2. The molecule has 1 atom stereocenters. The van der Waals surface area contributed by atoms with Gasteiger partial charge in [-0.25, -0.2) is 5.43 Å². The Morgan fingerprint density at radius 3 is 2.40 bits per heavy atom. The first-order valence-corrected chi connectivity index (χ1v) is 13.5. The van der Waals surface area contributed by atoms with Gasteiger partial charge in [0.05, 0.1) is 11.3 Å². The van der Waals surface area contributed by atoms with Gasteiger partial charge in [0.1, 0.15) is 6.04 Å². The predicted octanol–water partition coefficient (Wildman–Crippen LogP) is 5.14. The maximum Gasteiger partial charge on any atom is 0.281 e. The number of hydrogen-bond acceptors (Lipinski definition) is 6. The molecule has 0 radical (unpaired) electrons. The summed E-state index contributed by atoms with van der Waals surface area (Å²) in [6, 6.07) is 15.8. The van der Waals surface area contributed by atoms with Crippen molar-refractivity contribution >= 4 is 52.3 Å². The van der Waals surface area contributed by atoms with Crippen molar-refractivity contribution in [2.75, 3.05) is 4.90 Å². The summed E-state index contributed by atoms with van der Waals surface area (Å²) in [5.41, 5.74) is 3.08. The summed E-state index contributed by atoms with van der Waals surface area (Å²) < 4.78 is 0. The zero-order valence-corrected chi connectivity index (χ0v) is 20.9. The van der Waals surface area contributed by atoms with Crippen molar-refractivity contribution in [2.45, 2.75) is 50.6 Å². The number of amides is 3. The fourth-order valence-electron chi connectivity index (χ4n) is 4.16. The van der Waals surface area contributed by atoms with Crippen LogP contribution in [-0.2, 0) is 9.59 Å². The molecule has 1 aromatic carbocycles. The lowest BCUT2D eigenvalue weighted by atomic mass is 9.95. The molecule has 0 aliphatic heterocycles. The number of carbonyl (C=O) groups is 3. The lowest BCUT2D eigenvalue weighted by Gasteiger charge is -2.32. The van der Waals surface area contributed by atoms with Crippen LogP contribution in [0.15, 0.2) is 70.5 Å². The molecule has 0 spiro atoms. The average molecular weight is 509 g/mol. The molecule has 1 saturated carbocycles. The van der Waals surface area contributed by atoms with E-state index in [4.69, 9.17) is 0 Å². The molecule has 1 aliphatic carbocycles. The third-order valence-electron chi connectivity index (χ3n) is 5.84. The SMILES string of the molecule is O=C(N/N=C/CC(=O)N(c1ccccc1)C(C(=O)NC1CCCCC1)c1cccs1)c1cccs1. The lowest BCUT2D eigenvalue weighted by molar-refractivity contribution is -0.126. The number of hydrogen-bond donors (Lipinski definition) is 2. The first kappa shape index (κ1) is 24.8. The fraction of sp³-hybridized carbons (Fsp3) is 0.308. The van der Waals surface area contributed by atoms with Crippen LogP contribution in [0.1, 0.15) is 59.1 Å². The summed E-state index contributed by atoms with van der Waals surface area (Å²) in [6.07, 6.45) is 6.61. The molecule has 35 heavy (non-hydrogen) atoms. The van der Waals surface area contributed by atoms with Crippen LogP contribution in [-0.4, -0.2) is 30.0 Å². The van der Waals surface area contributed by atoms with Crippen molar-refractivity contribution < 1.29 is 14.4 Å². The van der Waals surface area contributed by atoms with Gasteiger partial charge in [-0.3, -0.25) is 19.3 Å². The molecule has 182 valence electrons. The van der Waals surface area contributed by atoms with Crippen molar-refractivity contribution in [2.24, 2.45) is 5.10 Å². The molecule has 3 amide bonds. The van der Waals surface area contributed by atoms with Gasteiger partial charge in [-0.2, -0.15) is 5.10 Å². The number of nitrogens with one attached hydrogen (secondary N) is 2. The maximum absolute atomic E-state index is 13.6. The molecule has 3 aromatic rings. The third kappa shape index (κ3) is 6.64. The Bertz CT molecular complexity index is 1120. The third-order valence-corrected chi connectivity index (χ3v) is 7.64. The van der Waals surface area contributed by atoms with Gasteiger partial charge in [-0.1, -0.05) is 49.6 Å². The molecule has 1 fully saturated rings. The summed E-state index contributed by atoms with van der Waals surface area (Å²) in [7, 11) is 0. The second kappa shape index (κ2) is 12.4. The second-order valence-electron chi connectivity index (χ2n) is 8.29. The number of anilines is 1. The van der Waals surface area contributed by atoms with E-state index < -0.39 is 6.04 Å². The zero-order valence-electron chi connectivity index (χ0n) is 19.3. The molecule has 9 heteroatoms. The van der Waals surface area contributed by atoms with Crippen molar-refractivity contribution in [3.8, 4) is 0 Å². The fourth-order valence-corrected chi connectivity index (χ4v) is 5.59. The summed E-state index contributed by atoms with van der Waals surface area (Å²) >= 11 is 2.76. The smallest absolute Gasteiger partial charge is 0.281 e. The molecule has 7 nitrogen and oxygen atoms in total. The molecule has 0 bridgehead atoms. The normalized spacial score (nSPS) is 15.0.